The molecule has 0 bridgehead atoms. The molecule has 1 aromatic rings. The minimum Gasteiger partial charge on any atom is -0.356 e. The van der Waals surface area contributed by atoms with Gasteiger partial charge in [-0.2, -0.15) is 0 Å². The first-order valence-electron chi connectivity index (χ1n) is 9.31. The summed E-state index contributed by atoms with van der Waals surface area (Å²) in [5.74, 6) is 3.26. The van der Waals surface area contributed by atoms with Crippen molar-refractivity contribution in [2.45, 2.75) is 45.6 Å². The van der Waals surface area contributed by atoms with Gasteiger partial charge in [-0.1, -0.05) is 6.42 Å². The summed E-state index contributed by atoms with van der Waals surface area (Å²) < 4.78 is 2.29. The predicted octanol–water partition coefficient (Wildman–Crippen LogP) is 0.287. The fourth-order valence-electron chi connectivity index (χ4n) is 3.58. The van der Waals surface area contributed by atoms with E-state index in [4.69, 9.17) is 0 Å². The van der Waals surface area contributed by atoms with Crippen molar-refractivity contribution >= 4 is 11.9 Å². The van der Waals surface area contributed by atoms with Crippen molar-refractivity contribution < 1.29 is 4.79 Å². The number of aryl methyl sites for hydroxylation is 1. The van der Waals surface area contributed by atoms with Gasteiger partial charge in [-0.05, 0) is 12.8 Å². The number of rotatable bonds is 3. The highest BCUT2D eigenvalue weighted by molar-refractivity contribution is 5.80. The molecule has 1 N–H and O–H groups in total. The Kier molecular flexibility index (Phi) is 5.88. The van der Waals surface area contributed by atoms with Crippen LogP contribution in [-0.4, -0.2) is 76.2 Å². The van der Waals surface area contributed by atoms with Gasteiger partial charge in [0.2, 0.25) is 5.91 Å². The summed E-state index contributed by atoms with van der Waals surface area (Å²) in [7, 11) is 1.81. The topological polar surface area (TPSA) is 78.7 Å². The van der Waals surface area contributed by atoms with Gasteiger partial charge in [0.25, 0.3) is 0 Å². The van der Waals surface area contributed by atoms with E-state index in [1.54, 1.807) is 6.92 Å². The van der Waals surface area contributed by atoms with E-state index in [1.807, 2.05) is 11.9 Å². The van der Waals surface area contributed by atoms with Gasteiger partial charge in [0, 0.05) is 66.1 Å². The van der Waals surface area contributed by atoms with Crippen molar-refractivity contribution in [2.24, 2.45) is 4.99 Å². The minimum absolute atomic E-state index is 0.148. The van der Waals surface area contributed by atoms with Gasteiger partial charge in [0.15, 0.2) is 5.96 Å². The molecule has 1 aromatic heterocycles. The van der Waals surface area contributed by atoms with Crippen LogP contribution in [0.3, 0.4) is 0 Å². The van der Waals surface area contributed by atoms with Crippen molar-refractivity contribution in [3.63, 3.8) is 0 Å². The van der Waals surface area contributed by atoms with Gasteiger partial charge in [0.1, 0.15) is 11.6 Å². The molecule has 1 amide bonds. The van der Waals surface area contributed by atoms with Crippen LogP contribution in [0.25, 0.3) is 0 Å². The molecule has 1 saturated heterocycles. The molecule has 2 aliphatic heterocycles. The number of nitrogens with zero attached hydrogens (tertiary/aromatic N) is 6. The Morgan fingerprint density at radius 1 is 1.08 bits per heavy atom. The molecule has 0 aromatic carbocycles. The maximum Gasteiger partial charge on any atom is 0.219 e. The fourth-order valence-corrected chi connectivity index (χ4v) is 3.58. The molecule has 0 atom stereocenters. The van der Waals surface area contributed by atoms with Crippen LogP contribution in [0.5, 0.6) is 0 Å². The lowest BCUT2D eigenvalue weighted by molar-refractivity contribution is -0.130. The molecule has 138 valence electrons. The van der Waals surface area contributed by atoms with Crippen molar-refractivity contribution in [3.05, 3.63) is 11.6 Å². The van der Waals surface area contributed by atoms with E-state index >= 15 is 0 Å². The third kappa shape index (κ3) is 4.29. The summed E-state index contributed by atoms with van der Waals surface area (Å²) in [5.41, 5.74) is 0. The highest BCUT2D eigenvalue weighted by atomic mass is 16.2. The molecule has 2 aliphatic rings. The van der Waals surface area contributed by atoms with Crippen molar-refractivity contribution in [2.75, 3.05) is 39.8 Å². The number of carbonyl (C=O) groups excluding carboxylic acids is 1. The SMILES string of the molecule is CN=C(NCCc1nnc2n1CCCCC2)N1CCN(C(C)=O)CC1. The smallest absolute Gasteiger partial charge is 0.219 e. The molecule has 25 heavy (non-hydrogen) atoms. The lowest BCUT2D eigenvalue weighted by Crippen LogP contribution is -2.53. The second-order valence-electron chi connectivity index (χ2n) is 6.71. The Labute approximate surface area is 149 Å². The third-order valence-electron chi connectivity index (χ3n) is 5.05. The molecular formula is C17H29N7O. The van der Waals surface area contributed by atoms with E-state index in [9.17, 15) is 4.79 Å². The van der Waals surface area contributed by atoms with Gasteiger partial charge in [-0.25, -0.2) is 0 Å². The zero-order valence-corrected chi connectivity index (χ0v) is 15.4. The molecule has 8 heteroatoms. The standard InChI is InChI=1S/C17H29N7O/c1-14(25)22-10-12-23(13-11-22)17(18-2)19-8-7-16-21-20-15-6-4-3-5-9-24(15)16/h3-13H2,1-2H3,(H,18,19). The van der Waals surface area contributed by atoms with Gasteiger partial charge in [-0.15, -0.1) is 10.2 Å². The molecule has 3 heterocycles. The molecule has 0 unspecified atom stereocenters. The molecule has 0 saturated carbocycles. The van der Waals surface area contributed by atoms with Gasteiger partial charge >= 0.3 is 0 Å². The van der Waals surface area contributed by atoms with Crippen LogP contribution in [0.1, 0.15) is 37.8 Å². The van der Waals surface area contributed by atoms with Gasteiger partial charge in [0.05, 0.1) is 0 Å². The van der Waals surface area contributed by atoms with E-state index in [0.717, 1.165) is 69.7 Å². The van der Waals surface area contributed by atoms with Crippen LogP contribution in [0.2, 0.25) is 0 Å². The Bertz CT molecular complexity index is 617. The Balaban J connectivity index is 1.49. The Morgan fingerprint density at radius 2 is 1.84 bits per heavy atom. The van der Waals surface area contributed by atoms with E-state index in [2.05, 4.69) is 30.0 Å². The first-order valence-corrected chi connectivity index (χ1v) is 9.31. The van der Waals surface area contributed by atoms with Gasteiger partial charge in [-0.3, -0.25) is 9.79 Å². The van der Waals surface area contributed by atoms with Crippen LogP contribution in [0, 0.1) is 0 Å². The van der Waals surface area contributed by atoms with E-state index in [1.165, 1.54) is 19.3 Å². The molecule has 8 nitrogen and oxygen atoms in total. The average Bonchev–Trinajstić information content (AvgIpc) is 2.85. The maximum absolute atomic E-state index is 11.4. The lowest BCUT2D eigenvalue weighted by atomic mass is 10.2. The lowest BCUT2D eigenvalue weighted by Gasteiger charge is -2.36. The van der Waals surface area contributed by atoms with E-state index < -0.39 is 0 Å². The number of hydrogen-bond donors (Lipinski definition) is 1. The van der Waals surface area contributed by atoms with Crippen LogP contribution in [-0.2, 0) is 24.2 Å². The summed E-state index contributed by atoms with van der Waals surface area (Å²) in [6.45, 7) is 6.61. The van der Waals surface area contributed by atoms with Crippen LogP contribution in [0.4, 0.5) is 0 Å². The maximum atomic E-state index is 11.4. The fraction of sp³-hybridized carbons (Fsp3) is 0.765. The zero-order valence-electron chi connectivity index (χ0n) is 15.4. The van der Waals surface area contributed by atoms with Crippen molar-refractivity contribution in [1.82, 2.24) is 29.9 Å². The molecule has 0 radical (unpaired) electrons. The summed E-state index contributed by atoms with van der Waals surface area (Å²) in [6.07, 6.45) is 5.60. The summed E-state index contributed by atoms with van der Waals surface area (Å²) >= 11 is 0. The second kappa shape index (κ2) is 8.31. The molecule has 0 aliphatic carbocycles. The minimum atomic E-state index is 0.148. The van der Waals surface area contributed by atoms with E-state index in [-0.39, 0.29) is 5.91 Å². The van der Waals surface area contributed by atoms with Crippen molar-refractivity contribution in [3.8, 4) is 0 Å². The summed E-state index contributed by atoms with van der Waals surface area (Å²) in [6, 6.07) is 0. The highest BCUT2D eigenvalue weighted by Gasteiger charge is 2.21. The Morgan fingerprint density at radius 3 is 2.56 bits per heavy atom. The van der Waals surface area contributed by atoms with Crippen LogP contribution in [0.15, 0.2) is 4.99 Å². The number of fused-ring (bicyclic) bond motifs is 1. The molecule has 0 spiro atoms. The monoisotopic (exact) mass is 347 g/mol. The average molecular weight is 347 g/mol. The first kappa shape index (κ1) is 17.7. The van der Waals surface area contributed by atoms with Crippen molar-refractivity contribution in [1.29, 1.82) is 0 Å². The number of piperazine rings is 1. The number of amides is 1. The second-order valence-corrected chi connectivity index (χ2v) is 6.71. The molecular weight excluding hydrogens is 318 g/mol. The number of nitrogens with one attached hydrogen (secondary N) is 1. The van der Waals surface area contributed by atoms with Gasteiger partial charge < -0.3 is 19.7 Å². The number of carbonyl (C=O) groups is 1. The third-order valence-corrected chi connectivity index (χ3v) is 5.05. The first-order chi connectivity index (χ1) is 12.2. The predicted molar refractivity (Wildman–Crippen MR) is 96.5 cm³/mol. The zero-order chi connectivity index (χ0) is 17.6. The van der Waals surface area contributed by atoms with E-state index in [0.29, 0.717) is 0 Å². The number of hydrogen-bond acceptors (Lipinski definition) is 4. The Hall–Kier alpha value is -2.12. The quantitative estimate of drug-likeness (QED) is 0.628. The normalized spacial score (nSPS) is 18.7. The molecule has 1 fully saturated rings. The summed E-state index contributed by atoms with van der Waals surface area (Å²) in [4.78, 5) is 19.9. The number of aromatic nitrogens is 3. The highest BCUT2D eigenvalue weighted by Crippen LogP contribution is 2.14. The number of aliphatic imine (C=N–C) groups is 1. The van der Waals surface area contributed by atoms with Crippen LogP contribution >= 0.6 is 0 Å². The molecule has 3 rings (SSSR count). The number of guanidine groups is 1. The van der Waals surface area contributed by atoms with Crippen LogP contribution < -0.4 is 5.32 Å². The summed E-state index contributed by atoms with van der Waals surface area (Å²) in [5, 5.41) is 12.2. The largest absolute Gasteiger partial charge is 0.356 e.